The lowest BCUT2D eigenvalue weighted by Gasteiger charge is -2.10. The highest BCUT2D eigenvalue weighted by Gasteiger charge is 2.07. The van der Waals surface area contributed by atoms with E-state index in [1.54, 1.807) is 0 Å². The van der Waals surface area contributed by atoms with E-state index in [4.69, 9.17) is 9.72 Å². The Morgan fingerprint density at radius 2 is 1.77 bits per heavy atom. The maximum absolute atomic E-state index is 11.0. The number of carbonyl (C=O) groups is 1. The first-order chi connectivity index (χ1) is 10.7. The van der Waals surface area contributed by atoms with E-state index in [1.165, 1.54) is 6.92 Å². The number of esters is 1. The molecule has 0 N–H and O–H groups in total. The first-order valence-electron chi connectivity index (χ1n) is 7.31. The molecule has 3 nitrogen and oxygen atoms in total. The van der Waals surface area contributed by atoms with Crippen molar-refractivity contribution in [3.63, 3.8) is 0 Å². The van der Waals surface area contributed by atoms with Gasteiger partial charge in [0, 0.05) is 24.3 Å². The molecule has 0 spiro atoms. The van der Waals surface area contributed by atoms with Crippen molar-refractivity contribution in [2.75, 3.05) is 6.61 Å². The van der Waals surface area contributed by atoms with Crippen LogP contribution in [0.2, 0.25) is 0 Å². The van der Waals surface area contributed by atoms with Crippen molar-refractivity contribution in [2.45, 2.75) is 13.3 Å². The van der Waals surface area contributed by atoms with Gasteiger partial charge < -0.3 is 4.74 Å². The maximum atomic E-state index is 11.0. The Labute approximate surface area is 129 Å². The predicted octanol–water partition coefficient (Wildman–Crippen LogP) is 4.01. The highest BCUT2D eigenvalue weighted by Crippen LogP contribution is 2.25. The number of nitrogens with zero attached hydrogens (tertiary/aromatic N) is 1. The van der Waals surface area contributed by atoms with Crippen LogP contribution in [0.15, 0.2) is 60.7 Å². The molecule has 3 aromatic rings. The summed E-state index contributed by atoms with van der Waals surface area (Å²) in [7, 11) is 0. The van der Waals surface area contributed by atoms with Crippen molar-refractivity contribution < 1.29 is 9.53 Å². The van der Waals surface area contributed by atoms with Gasteiger partial charge in [0.05, 0.1) is 17.8 Å². The molecular weight excluding hydrogens is 274 g/mol. The number of aromatic nitrogens is 1. The molecule has 0 amide bonds. The van der Waals surface area contributed by atoms with E-state index in [1.807, 2.05) is 48.5 Å². The lowest BCUT2D eigenvalue weighted by molar-refractivity contribution is -0.140. The van der Waals surface area contributed by atoms with Gasteiger partial charge in [0.15, 0.2) is 0 Å². The lowest BCUT2D eigenvalue weighted by Crippen LogP contribution is -2.04. The minimum Gasteiger partial charge on any atom is -0.466 e. The Morgan fingerprint density at radius 3 is 2.55 bits per heavy atom. The van der Waals surface area contributed by atoms with Gasteiger partial charge in [-0.25, -0.2) is 4.98 Å². The average molecular weight is 291 g/mol. The first-order valence-corrected chi connectivity index (χ1v) is 7.31. The van der Waals surface area contributed by atoms with Crippen LogP contribution in [0, 0.1) is 0 Å². The van der Waals surface area contributed by atoms with Crippen molar-refractivity contribution in [3.8, 4) is 11.3 Å². The average Bonchev–Trinajstić information content (AvgIpc) is 2.55. The predicted molar refractivity (Wildman–Crippen MR) is 87.5 cm³/mol. The number of hydrogen-bond acceptors (Lipinski definition) is 3. The normalized spacial score (nSPS) is 10.6. The molecule has 0 unspecified atom stereocenters. The molecule has 0 aliphatic heterocycles. The number of ether oxygens (including phenoxy) is 1. The third-order valence-corrected chi connectivity index (χ3v) is 3.55. The van der Waals surface area contributed by atoms with Crippen LogP contribution in [-0.2, 0) is 16.0 Å². The molecule has 0 radical (unpaired) electrons. The van der Waals surface area contributed by atoms with Crippen molar-refractivity contribution in [3.05, 3.63) is 66.2 Å². The number of rotatable bonds is 4. The van der Waals surface area contributed by atoms with Crippen LogP contribution >= 0.6 is 0 Å². The Kier molecular flexibility index (Phi) is 4.15. The summed E-state index contributed by atoms with van der Waals surface area (Å²) in [4.78, 5) is 15.7. The van der Waals surface area contributed by atoms with Crippen LogP contribution in [0.25, 0.3) is 22.2 Å². The number of fused-ring (bicyclic) bond motifs is 1. The zero-order chi connectivity index (χ0) is 15.4. The molecule has 0 fully saturated rings. The largest absolute Gasteiger partial charge is 0.466 e. The molecule has 0 aliphatic rings. The topological polar surface area (TPSA) is 39.2 Å². The summed E-state index contributed by atoms with van der Waals surface area (Å²) in [6.07, 6.45) is 0.683. The summed E-state index contributed by atoms with van der Waals surface area (Å²) in [5, 5.41) is 1.11. The number of hydrogen-bond donors (Lipinski definition) is 0. The molecule has 2 aromatic carbocycles. The number of para-hydroxylation sites is 1. The summed E-state index contributed by atoms with van der Waals surface area (Å²) in [6.45, 7) is 1.82. The molecule has 0 bridgehead atoms. The summed E-state index contributed by atoms with van der Waals surface area (Å²) >= 11 is 0. The zero-order valence-corrected chi connectivity index (χ0v) is 12.5. The summed E-state index contributed by atoms with van der Waals surface area (Å²) in [5.41, 5.74) is 4.13. The van der Waals surface area contributed by atoms with E-state index in [9.17, 15) is 4.79 Å². The van der Waals surface area contributed by atoms with Crippen LogP contribution in [0.5, 0.6) is 0 Å². The van der Waals surface area contributed by atoms with E-state index in [-0.39, 0.29) is 5.97 Å². The van der Waals surface area contributed by atoms with Gasteiger partial charge in [-0.1, -0.05) is 48.5 Å². The van der Waals surface area contributed by atoms with Crippen LogP contribution in [0.4, 0.5) is 0 Å². The molecule has 22 heavy (non-hydrogen) atoms. The number of pyridine rings is 1. The Balaban J connectivity index is 2.02. The molecule has 1 heterocycles. The summed E-state index contributed by atoms with van der Waals surface area (Å²) < 4.78 is 5.08. The smallest absolute Gasteiger partial charge is 0.302 e. The van der Waals surface area contributed by atoms with Crippen LogP contribution in [0.1, 0.15) is 12.5 Å². The second-order valence-corrected chi connectivity index (χ2v) is 5.14. The van der Waals surface area contributed by atoms with Crippen molar-refractivity contribution in [1.29, 1.82) is 0 Å². The second kappa shape index (κ2) is 6.39. The van der Waals surface area contributed by atoms with Crippen molar-refractivity contribution in [1.82, 2.24) is 4.98 Å². The zero-order valence-electron chi connectivity index (χ0n) is 12.5. The maximum Gasteiger partial charge on any atom is 0.302 e. The van der Waals surface area contributed by atoms with Gasteiger partial charge in [0.1, 0.15) is 0 Å². The highest BCUT2D eigenvalue weighted by molar-refractivity contribution is 5.85. The third kappa shape index (κ3) is 3.14. The van der Waals surface area contributed by atoms with Gasteiger partial charge in [-0.2, -0.15) is 0 Å². The molecule has 0 atom stereocenters. The van der Waals surface area contributed by atoms with Crippen molar-refractivity contribution in [2.24, 2.45) is 0 Å². The van der Waals surface area contributed by atoms with Gasteiger partial charge >= 0.3 is 5.97 Å². The molecule has 0 saturated carbocycles. The monoisotopic (exact) mass is 291 g/mol. The molecule has 0 saturated heterocycles. The fourth-order valence-electron chi connectivity index (χ4n) is 2.52. The van der Waals surface area contributed by atoms with E-state index >= 15 is 0 Å². The molecule has 3 heteroatoms. The SMILES string of the molecule is CC(=O)OCCc1cc(-c2ccccc2)nc2ccccc12. The summed E-state index contributed by atoms with van der Waals surface area (Å²) in [5.74, 6) is -0.248. The van der Waals surface area contributed by atoms with Gasteiger partial charge in [-0.05, 0) is 17.7 Å². The Morgan fingerprint density at radius 1 is 1.05 bits per heavy atom. The van der Waals surface area contributed by atoms with Gasteiger partial charge in [0.25, 0.3) is 0 Å². The van der Waals surface area contributed by atoms with Gasteiger partial charge in [0.2, 0.25) is 0 Å². The van der Waals surface area contributed by atoms with Gasteiger partial charge in [-0.15, -0.1) is 0 Å². The Bertz CT molecular complexity index is 797. The minimum absolute atomic E-state index is 0.248. The fourth-order valence-corrected chi connectivity index (χ4v) is 2.52. The Hall–Kier alpha value is -2.68. The number of carbonyl (C=O) groups excluding carboxylic acids is 1. The second-order valence-electron chi connectivity index (χ2n) is 5.14. The molecule has 1 aromatic heterocycles. The van der Waals surface area contributed by atoms with Crippen LogP contribution in [0.3, 0.4) is 0 Å². The van der Waals surface area contributed by atoms with Crippen molar-refractivity contribution >= 4 is 16.9 Å². The van der Waals surface area contributed by atoms with E-state index < -0.39 is 0 Å². The molecule has 3 rings (SSSR count). The lowest BCUT2D eigenvalue weighted by atomic mass is 10.0. The highest BCUT2D eigenvalue weighted by atomic mass is 16.5. The summed E-state index contributed by atoms with van der Waals surface area (Å²) in [6, 6.07) is 20.2. The van der Waals surface area contributed by atoms with Crippen LogP contribution < -0.4 is 0 Å². The van der Waals surface area contributed by atoms with E-state index in [0.717, 1.165) is 27.7 Å². The van der Waals surface area contributed by atoms with E-state index in [0.29, 0.717) is 13.0 Å². The fraction of sp³-hybridized carbons (Fsp3) is 0.158. The molecule has 110 valence electrons. The standard InChI is InChI=1S/C19H17NO2/c1-14(21)22-12-11-16-13-19(15-7-3-2-4-8-15)20-18-10-6-5-9-17(16)18/h2-10,13H,11-12H2,1H3. The molecule has 0 aliphatic carbocycles. The quantitative estimate of drug-likeness (QED) is 0.682. The van der Waals surface area contributed by atoms with Crippen LogP contribution in [-0.4, -0.2) is 17.6 Å². The van der Waals surface area contributed by atoms with E-state index in [2.05, 4.69) is 12.1 Å². The number of benzene rings is 2. The minimum atomic E-state index is -0.248. The van der Waals surface area contributed by atoms with Gasteiger partial charge in [-0.3, -0.25) is 4.79 Å². The third-order valence-electron chi connectivity index (χ3n) is 3.55. The first kappa shape index (κ1) is 14.3. The molecular formula is C19H17NO2.